The van der Waals surface area contributed by atoms with Crippen LogP contribution >= 0.6 is 0 Å². The summed E-state index contributed by atoms with van der Waals surface area (Å²) in [5.74, 6) is -2.16. The Bertz CT molecular complexity index is 466. The molecule has 0 bridgehead atoms. The highest BCUT2D eigenvalue weighted by Gasteiger charge is 2.22. The summed E-state index contributed by atoms with van der Waals surface area (Å²) in [7, 11) is 2.80. The number of benzene rings is 1. The van der Waals surface area contributed by atoms with Gasteiger partial charge in [-0.25, -0.2) is 4.39 Å². The molecular formula is C11H14F2N2O4. The van der Waals surface area contributed by atoms with Gasteiger partial charge in [-0.3, -0.25) is 10.1 Å². The molecule has 0 heterocycles. The first kappa shape index (κ1) is 15.3. The number of hydrogen-bond donors (Lipinski definition) is 1. The van der Waals surface area contributed by atoms with Gasteiger partial charge in [0.15, 0.2) is 6.29 Å². The van der Waals surface area contributed by atoms with Gasteiger partial charge in [0.25, 0.3) is 0 Å². The van der Waals surface area contributed by atoms with Crippen LogP contribution in [0.15, 0.2) is 12.1 Å². The van der Waals surface area contributed by atoms with E-state index in [4.69, 9.17) is 9.47 Å². The van der Waals surface area contributed by atoms with E-state index in [0.29, 0.717) is 6.07 Å². The predicted octanol–water partition coefficient (Wildman–Crippen LogP) is 2.29. The minimum absolute atomic E-state index is 0.195. The summed E-state index contributed by atoms with van der Waals surface area (Å²) in [5, 5.41) is 13.2. The highest BCUT2D eigenvalue weighted by Crippen LogP contribution is 2.26. The summed E-state index contributed by atoms with van der Waals surface area (Å²) in [6, 6.07) is 0.764. The van der Waals surface area contributed by atoms with Gasteiger partial charge in [-0.05, 0) is 6.92 Å². The number of nitro groups is 1. The Morgan fingerprint density at radius 3 is 2.32 bits per heavy atom. The smallest absolute Gasteiger partial charge is 0.307 e. The molecule has 0 radical (unpaired) electrons. The normalized spacial score (nSPS) is 12.5. The lowest BCUT2D eigenvalue weighted by molar-refractivity contribution is -0.387. The number of nitrogens with zero attached hydrogens (tertiary/aromatic N) is 1. The van der Waals surface area contributed by atoms with E-state index in [-0.39, 0.29) is 5.69 Å². The van der Waals surface area contributed by atoms with Crippen LogP contribution in [0.3, 0.4) is 0 Å². The minimum Gasteiger partial charge on any atom is -0.375 e. The van der Waals surface area contributed by atoms with Gasteiger partial charge in [0.05, 0.1) is 16.7 Å². The van der Waals surface area contributed by atoms with Crippen molar-refractivity contribution in [1.29, 1.82) is 0 Å². The minimum atomic E-state index is -1.23. The molecule has 0 spiro atoms. The Labute approximate surface area is 108 Å². The first-order valence-electron chi connectivity index (χ1n) is 5.36. The number of rotatable bonds is 6. The molecule has 0 aliphatic heterocycles. The SMILES string of the molecule is COC(OC)C(C)Nc1cc([N+](=O)[O-])c(F)cc1F. The third-order valence-corrected chi connectivity index (χ3v) is 2.49. The average Bonchev–Trinajstić information content (AvgIpc) is 2.33. The first-order valence-corrected chi connectivity index (χ1v) is 5.36. The zero-order chi connectivity index (χ0) is 14.6. The average molecular weight is 276 g/mol. The summed E-state index contributed by atoms with van der Waals surface area (Å²) in [5.41, 5.74) is -0.998. The molecular weight excluding hydrogens is 262 g/mol. The highest BCUT2D eigenvalue weighted by molar-refractivity contribution is 5.53. The number of nitro benzene ring substituents is 1. The summed E-state index contributed by atoms with van der Waals surface area (Å²) in [4.78, 5) is 9.66. The van der Waals surface area contributed by atoms with E-state index in [1.165, 1.54) is 14.2 Å². The monoisotopic (exact) mass is 276 g/mol. The van der Waals surface area contributed by atoms with Crippen molar-refractivity contribution in [3.8, 4) is 0 Å². The van der Waals surface area contributed by atoms with Crippen LogP contribution in [0.25, 0.3) is 0 Å². The third kappa shape index (κ3) is 3.58. The summed E-state index contributed by atoms with van der Waals surface area (Å²) in [6.45, 7) is 1.63. The second-order valence-electron chi connectivity index (χ2n) is 3.81. The lowest BCUT2D eigenvalue weighted by Crippen LogP contribution is -2.34. The van der Waals surface area contributed by atoms with Crippen LogP contribution in [0, 0.1) is 21.7 Å². The van der Waals surface area contributed by atoms with Crippen molar-refractivity contribution in [1.82, 2.24) is 0 Å². The summed E-state index contributed by atoms with van der Waals surface area (Å²) in [6.07, 6.45) is -0.677. The molecule has 0 aliphatic rings. The number of halogens is 2. The van der Waals surface area contributed by atoms with Crippen molar-refractivity contribution in [3.63, 3.8) is 0 Å². The quantitative estimate of drug-likeness (QED) is 0.490. The Hall–Kier alpha value is -1.80. The Balaban J connectivity index is 3.01. The van der Waals surface area contributed by atoms with Gasteiger partial charge in [0.2, 0.25) is 5.82 Å². The maximum Gasteiger partial charge on any atom is 0.307 e. The first-order chi connectivity index (χ1) is 8.90. The van der Waals surface area contributed by atoms with Crippen molar-refractivity contribution in [2.24, 2.45) is 0 Å². The van der Waals surface area contributed by atoms with Crippen LogP contribution in [0.1, 0.15) is 6.92 Å². The molecule has 1 rings (SSSR count). The Morgan fingerprint density at radius 2 is 1.84 bits per heavy atom. The molecule has 1 unspecified atom stereocenters. The molecule has 0 amide bonds. The van der Waals surface area contributed by atoms with E-state index in [9.17, 15) is 18.9 Å². The molecule has 1 aromatic carbocycles. The molecule has 106 valence electrons. The Kier molecular flexibility index (Phi) is 5.13. The van der Waals surface area contributed by atoms with Crippen LogP contribution in [-0.2, 0) is 9.47 Å². The molecule has 6 nitrogen and oxygen atoms in total. The number of hydrogen-bond acceptors (Lipinski definition) is 5. The second-order valence-corrected chi connectivity index (χ2v) is 3.81. The molecule has 0 aliphatic carbocycles. The summed E-state index contributed by atoms with van der Waals surface area (Å²) < 4.78 is 36.6. The van der Waals surface area contributed by atoms with Crippen LogP contribution in [0.4, 0.5) is 20.2 Å². The van der Waals surface area contributed by atoms with E-state index < -0.39 is 34.6 Å². The van der Waals surface area contributed by atoms with Crippen molar-refractivity contribution < 1.29 is 23.2 Å². The van der Waals surface area contributed by atoms with Crippen molar-refractivity contribution >= 4 is 11.4 Å². The lowest BCUT2D eigenvalue weighted by Gasteiger charge is -2.23. The molecule has 1 N–H and O–H groups in total. The van der Waals surface area contributed by atoms with Crippen molar-refractivity contribution in [2.45, 2.75) is 19.3 Å². The van der Waals surface area contributed by atoms with Gasteiger partial charge in [-0.2, -0.15) is 4.39 Å². The topological polar surface area (TPSA) is 73.6 Å². The molecule has 1 atom stereocenters. The summed E-state index contributed by atoms with van der Waals surface area (Å²) >= 11 is 0. The molecule has 0 saturated heterocycles. The van der Waals surface area contributed by atoms with Crippen LogP contribution in [0.2, 0.25) is 0 Å². The predicted molar refractivity (Wildman–Crippen MR) is 63.9 cm³/mol. The van der Waals surface area contributed by atoms with Gasteiger partial charge >= 0.3 is 5.69 Å². The second kappa shape index (κ2) is 6.39. The molecule has 8 heteroatoms. The van der Waals surface area contributed by atoms with E-state index in [1.54, 1.807) is 6.92 Å². The van der Waals surface area contributed by atoms with Crippen LogP contribution in [-0.4, -0.2) is 31.5 Å². The van der Waals surface area contributed by atoms with Gasteiger partial charge in [-0.15, -0.1) is 0 Å². The van der Waals surface area contributed by atoms with Gasteiger partial charge in [0, 0.05) is 26.4 Å². The van der Waals surface area contributed by atoms with E-state index in [2.05, 4.69) is 5.32 Å². The fourth-order valence-corrected chi connectivity index (χ4v) is 1.61. The Morgan fingerprint density at radius 1 is 1.26 bits per heavy atom. The molecule has 19 heavy (non-hydrogen) atoms. The molecule has 0 saturated carbocycles. The molecule has 0 aromatic heterocycles. The third-order valence-electron chi connectivity index (χ3n) is 2.49. The maximum absolute atomic E-state index is 13.5. The van der Waals surface area contributed by atoms with Gasteiger partial charge in [-0.1, -0.05) is 0 Å². The van der Waals surface area contributed by atoms with E-state index in [1.807, 2.05) is 0 Å². The van der Waals surface area contributed by atoms with Gasteiger partial charge in [0.1, 0.15) is 5.82 Å². The number of methoxy groups -OCH3 is 2. The van der Waals surface area contributed by atoms with Crippen LogP contribution in [0.5, 0.6) is 0 Å². The van der Waals surface area contributed by atoms with E-state index in [0.717, 1.165) is 6.07 Å². The standard InChI is InChI=1S/C11H14F2N2O4/c1-6(11(18-2)19-3)14-9-5-10(15(16)17)8(13)4-7(9)12/h4-6,11,14H,1-3H3. The van der Waals surface area contributed by atoms with Crippen LogP contribution < -0.4 is 5.32 Å². The fourth-order valence-electron chi connectivity index (χ4n) is 1.61. The number of nitrogens with one attached hydrogen (secondary N) is 1. The highest BCUT2D eigenvalue weighted by atomic mass is 19.1. The largest absolute Gasteiger partial charge is 0.375 e. The zero-order valence-corrected chi connectivity index (χ0v) is 10.6. The fraction of sp³-hybridized carbons (Fsp3) is 0.455. The number of anilines is 1. The number of ether oxygens (including phenoxy) is 2. The van der Waals surface area contributed by atoms with Crippen molar-refractivity contribution in [2.75, 3.05) is 19.5 Å². The van der Waals surface area contributed by atoms with E-state index >= 15 is 0 Å². The van der Waals surface area contributed by atoms with Gasteiger partial charge < -0.3 is 14.8 Å². The molecule has 1 aromatic rings. The zero-order valence-electron chi connectivity index (χ0n) is 10.6. The lowest BCUT2D eigenvalue weighted by atomic mass is 10.2. The van der Waals surface area contributed by atoms with Crippen molar-refractivity contribution in [3.05, 3.63) is 33.9 Å². The molecule has 0 fully saturated rings. The maximum atomic E-state index is 13.5.